The van der Waals surface area contributed by atoms with Crippen LogP contribution in [0.1, 0.15) is 22.6 Å². The van der Waals surface area contributed by atoms with Crippen molar-refractivity contribution in [2.24, 2.45) is 0 Å². The summed E-state index contributed by atoms with van der Waals surface area (Å²) in [7, 11) is 0. The lowest BCUT2D eigenvalue weighted by Crippen LogP contribution is -2.69. The predicted molar refractivity (Wildman–Crippen MR) is 79.0 cm³/mol. The second kappa shape index (κ2) is 8.27. The van der Waals surface area contributed by atoms with Crippen LogP contribution in [0.4, 0.5) is 57.1 Å². The van der Waals surface area contributed by atoms with Crippen LogP contribution < -0.4 is 0 Å². The van der Waals surface area contributed by atoms with Gasteiger partial charge in [-0.15, -0.1) is 11.3 Å². The summed E-state index contributed by atoms with van der Waals surface area (Å²) in [6, 6.07) is 1.45. The van der Waals surface area contributed by atoms with Gasteiger partial charge in [-0.05, 0) is 19.1 Å². The van der Waals surface area contributed by atoms with Crippen LogP contribution in [0.25, 0.3) is 0 Å². The van der Waals surface area contributed by atoms with E-state index in [9.17, 15) is 61.9 Å². The first kappa shape index (κ1) is 27.8. The van der Waals surface area contributed by atoms with Gasteiger partial charge >= 0.3 is 41.8 Å². The number of nitrogens with zero attached hydrogens (tertiary/aromatic N) is 1. The first-order valence-corrected chi connectivity index (χ1v) is 8.59. The van der Waals surface area contributed by atoms with Crippen molar-refractivity contribution in [1.29, 1.82) is 5.26 Å². The fourth-order valence-electron chi connectivity index (χ4n) is 2.06. The van der Waals surface area contributed by atoms with Crippen LogP contribution >= 0.6 is 11.3 Å². The van der Waals surface area contributed by atoms with Crippen LogP contribution in [0.5, 0.6) is 0 Å². The van der Waals surface area contributed by atoms with Gasteiger partial charge in [-0.25, -0.2) is 0 Å². The molecule has 0 N–H and O–H groups in total. The maximum atomic E-state index is 14.1. The van der Waals surface area contributed by atoms with Crippen molar-refractivity contribution in [1.82, 2.24) is 0 Å². The van der Waals surface area contributed by atoms with E-state index in [2.05, 4.69) is 4.74 Å². The van der Waals surface area contributed by atoms with Crippen molar-refractivity contribution in [3.05, 3.63) is 21.9 Å². The molecule has 0 saturated carbocycles. The van der Waals surface area contributed by atoms with Gasteiger partial charge < -0.3 is 4.74 Å². The Hall–Kier alpha value is -2.25. The second-order valence-corrected chi connectivity index (χ2v) is 7.00. The first-order chi connectivity index (χ1) is 14.1. The number of carbonyl (C=O) groups is 1. The van der Waals surface area contributed by atoms with Gasteiger partial charge in [-0.1, -0.05) is 0 Å². The highest BCUT2D eigenvalue weighted by atomic mass is 32.1. The topological polar surface area (TPSA) is 50.1 Å². The summed E-state index contributed by atoms with van der Waals surface area (Å²) < 4.78 is 176. The Labute approximate surface area is 173 Å². The molecule has 0 amide bonds. The summed E-state index contributed by atoms with van der Waals surface area (Å²) in [6.07, 6.45) is -7.50. The average molecular weight is 513 g/mol. The van der Waals surface area contributed by atoms with Gasteiger partial charge in [0.05, 0.1) is 17.6 Å². The number of hydrogen-bond donors (Lipinski definition) is 0. The number of thiophene rings is 1. The Bertz CT molecular complexity index is 885. The van der Waals surface area contributed by atoms with Crippen molar-refractivity contribution >= 4 is 17.3 Å². The molecule has 32 heavy (non-hydrogen) atoms. The Balaban J connectivity index is 3.52. The van der Waals surface area contributed by atoms with Crippen LogP contribution in [0.2, 0.25) is 0 Å². The van der Waals surface area contributed by atoms with Gasteiger partial charge in [0.15, 0.2) is 5.92 Å². The van der Waals surface area contributed by atoms with E-state index in [0.29, 0.717) is 6.07 Å². The number of carbonyl (C=O) groups excluding carboxylic acids is 1. The van der Waals surface area contributed by atoms with Crippen molar-refractivity contribution in [3.63, 3.8) is 0 Å². The molecule has 1 aromatic rings. The normalized spacial score (nSPS) is 15.3. The Morgan fingerprint density at radius 1 is 0.906 bits per heavy atom. The molecule has 1 atom stereocenters. The molecule has 0 aliphatic carbocycles. The summed E-state index contributed by atoms with van der Waals surface area (Å²) >= 11 is -0.648. The van der Waals surface area contributed by atoms with Gasteiger partial charge in [0.1, 0.15) is 0 Å². The van der Waals surface area contributed by atoms with E-state index in [1.807, 2.05) is 0 Å². The van der Waals surface area contributed by atoms with Crippen LogP contribution in [0.15, 0.2) is 12.1 Å². The molecule has 0 aromatic carbocycles. The fourth-order valence-corrected chi connectivity index (χ4v) is 3.11. The summed E-state index contributed by atoms with van der Waals surface area (Å²) in [5.74, 6) is -41.1. The Kier molecular flexibility index (Phi) is 7.18. The molecule has 0 bridgehead atoms. The van der Waals surface area contributed by atoms with Gasteiger partial charge in [0, 0.05) is 4.88 Å². The van der Waals surface area contributed by atoms with Crippen LogP contribution in [-0.4, -0.2) is 42.4 Å². The largest absolute Gasteiger partial charge is 0.465 e. The number of hydrogen-bond acceptors (Lipinski definition) is 4. The minimum Gasteiger partial charge on any atom is -0.465 e. The molecule has 0 aliphatic rings. The van der Waals surface area contributed by atoms with Crippen molar-refractivity contribution in [2.75, 3.05) is 6.61 Å². The predicted octanol–water partition coefficient (Wildman–Crippen LogP) is 6.11. The minimum absolute atomic E-state index is 0.117. The van der Waals surface area contributed by atoms with Crippen molar-refractivity contribution < 1.29 is 66.6 Å². The monoisotopic (exact) mass is 513 g/mol. The molecule has 3 nitrogen and oxygen atoms in total. The highest BCUT2D eigenvalue weighted by molar-refractivity contribution is 7.12. The zero-order valence-corrected chi connectivity index (χ0v) is 15.8. The van der Waals surface area contributed by atoms with Crippen molar-refractivity contribution in [2.45, 2.75) is 48.6 Å². The second-order valence-electron chi connectivity index (χ2n) is 5.89. The number of ether oxygens (including phenoxy) is 1. The number of halogens is 13. The molecule has 1 unspecified atom stereocenters. The van der Waals surface area contributed by atoms with Gasteiger partial charge in [0.2, 0.25) is 0 Å². The first-order valence-electron chi connectivity index (χ1n) is 7.77. The molecule has 0 radical (unpaired) electrons. The number of nitriles is 1. The third kappa shape index (κ3) is 3.97. The van der Waals surface area contributed by atoms with Crippen LogP contribution in [0.3, 0.4) is 0 Å². The summed E-state index contributed by atoms with van der Waals surface area (Å²) in [5.41, 5.74) is 0. The SMILES string of the molecule is CCOC(=O)C(C#N)c1ccc(C(F)(F)C(F)(F)C(F)(F)C(F)(F)C(F)(F)C(F)(F)F)s1. The van der Waals surface area contributed by atoms with Gasteiger partial charge in [0.25, 0.3) is 0 Å². The Morgan fingerprint density at radius 2 is 1.38 bits per heavy atom. The lowest BCUT2D eigenvalue weighted by molar-refractivity contribution is -0.441. The fraction of sp³-hybridized carbons (Fsp3) is 0.600. The quantitative estimate of drug-likeness (QED) is 0.311. The third-order valence-electron chi connectivity index (χ3n) is 3.81. The lowest BCUT2D eigenvalue weighted by Gasteiger charge is -2.39. The average Bonchev–Trinajstić information content (AvgIpc) is 3.11. The molecule has 17 heteroatoms. The minimum atomic E-state index is -8.01. The summed E-state index contributed by atoms with van der Waals surface area (Å²) in [4.78, 5) is 8.50. The Morgan fingerprint density at radius 3 is 1.78 bits per heavy atom. The van der Waals surface area contributed by atoms with Crippen molar-refractivity contribution in [3.8, 4) is 6.07 Å². The van der Waals surface area contributed by atoms with Gasteiger partial charge in [-0.2, -0.15) is 62.3 Å². The van der Waals surface area contributed by atoms with E-state index < -0.39 is 68.8 Å². The van der Waals surface area contributed by atoms with Crippen LogP contribution in [-0.2, 0) is 15.5 Å². The zero-order chi connectivity index (χ0) is 25.6. The van der Waals surface area contributed by atoms with Crippen LogP contribution in [0, 0.1) is 11.3 Å². The molecular weight excluding hydrogens is 505 g/mol. The van der Waals surface area contributed by atoms with Gasteiger partial charge in [-0.3, -0.25) is 4.79 Å². The third-order valence-corrected chi connectivity index (χ3v) is 5.03. The molecule has 0 fully saturated rings. The van der Waals surface area contributed by atoms with E-state index in [1.54, 1.807) is 0 Å². The lowest BCUT2D eigenvalue weighted by atomic mass is 9.93. The molecule has 0 aliphatic heterocycles. The summed E-state index contributed by atoms with van der Waals surface area (Å²) in [5, 5.41) is 8.86. The smallest absolute Gasteiger partial charge is 0.460 e. The molecule has 182 valence electrons. The van der Waals surface area contributed by atoms with E-state index in [-0.39, 0.29) is 12.7 Å². The van der Waals surface area contributed by atoms with E-state index in [0.717, 1.165) is 0 Å². The standard InChI is InChI=1S/C15H8F13NO2S/c1-2-31-9(30)6(5-29)7-3-4-8(32-7)10(16,17)11(18,19)12(20,21)13(22,23)14(24,25)15(26,27)28/h3-4,6H,2H2,1H3. The number of esters is 1. The molecule has 1 heterocycles. The highest BCUT2D eigenvalue weighted by Crippen LogP contribution is 2.62. The number of rotatable bonds is 8. The summed E-state index contributed by atoms with van der Waals surface area (Å²) in [6.45, 7) is 0.915. The molecular formula is C15H8F13NO2S. The maximum absolute atomic E-state index is 14.1. The molecule has 0 saturated heterocycles. The molecule has 1 aromatic heterocycles. The number of alkyl halides is 13. The highest BCUT2D eigenvalue weighted by Gasteiger charge is 2.91. The van der Waals surface area contributed by atoms with E-state index in [1.165, 1.54) is 13.0 Å². The van der Waals surface area contributed by atoms with E-state index >= 15 is 0 Å². The van der Waals surface area contributed by atoms with E-state index in [4.69, 9.17) is 5.26 Å². The maximum Gasteiger partial charge on any atom is 0.460 e. The molecule has 1 rings (SSSR count). The molecule has 0 spiro atoms. The zero-order valence-electron chi connectivity index (χ0n) is 15.0.